The third-order valence-electron chi connectivity index (χ3n) is 3.34. The van der Waals surface area contributed by atoms with Gasteiger partial charge in [0, 0.05) is 17.1 Å². The smallest absolute Gasteiger partial charge is 0.262 e. The minimum atomic E-state index is -0.200. The Labute approximate surface area is 137 Å². The summed E-state index contributed by atoms with van der Waals surface area (Å²) < 4.78 is 0.819. The first-order chi connectivity index (χ1) is 9.99. The lowest BCUT2D eigenvalue weighted by Gasteiger charge is -2.14. The van der Waals surface area contributed by atoms with Crippen LogP contribution in [0.4, 0.5) is 0 Å². The largest absolute Gasteiger partial charge is 0.349 e. The molecule has 3 nitrogen and oxygen atoms in total. The Balaban J connectivity index is 1.94. The number of nitrogens with two attached hydrogens (primary N) is 1. The monoisotopic (exact) mass is 366 g/mol. The Kier molecular flexibility index (Phi) is 5.56. The Bertz CT molecular complexity index is 607. The van der Waals surface area contributed by atoms with Crippen molar-refractivity contribution < 1.29 is 4.79 Å². The molecule has 0 bridgehead atoms. The van der Waals surface area contributed by atoms with Crippen LogP contribution in [0, 0.1) is 0 Å². The molecule has 1 amide bonds. The summed E-state index contributed by atoms with van der Waals surface area (Å²) in [6.45, 7) is 4.74. The number of hydrogen-bond donors (Lipinski definition) is 2. The molecule has 0 fully saturated rings. The first-order valence-electron chi connectivity index (χ1n) is 6.85. The molecule has 0 saturated heterocycles. The predicted molar refractivity (Wildman–Crippen MR) is 91.8 cm³/mol. The number of nitrogens with one attached hydrogen (secondary N) is 1. The highest BCUT2D eigenvalue weighted by molar-refractivity contribution is 9.10. The van der Waals surface area contributed by atoms with E-state index >= 15 is 0 Å². The van der Waals surface area contributed by atoms with E-state index in [4.69, 9.17) is 5.73 Å². The van der Waals surface area contributed by atoms with E-state index in [1.54, 1.807) is 0 Å². The average Bonchev–Trinajstić information content (AvgIpc) is 2.90. The number of rotatable bonds is 5. The summed E-state index contributed by atoms with van der Waals surface area (Å²) in [5, 5.41) is 4.76. The van der Waals surface area contributed by atoms with Gasteiger partial charge in [-0.3, -0.25) is 4.79 Å². The quantitative estimate of drug-likeness (QED) is 0.837. The second-order valence-corrected chi connectivity index (χ2v) is 7.01. The lowest BCUT2D eigenvalue weighted by molar-refractivity contribution is 0.0954. The molecular weight excluding hydrogens is 348 g/mol. The van der Waals surface area contributed by atoms with Crippen molar-refractivity contribution in [2.75, 3.05) is 6.54 Å². The Hall–Kier alpha value is -1.17. The lowest BCUT2D eigenvalue weighted by atomic mass is 9.99. The van der Waals surface area contributed by atoms with Crippen LogP contribution >= 0.6 is 27.3 Å². The van der Waals surface area contributed by atoms with Crippen molar-refractivity contribution in [3.63, 3.8) is 0 Å². The molecule has 0 aliphatic rings. The van der Waals surface area contributed by atoms with Crippen molar-refractivity contribution in [1.82, 2.24) is 5.32 Å². The number of carbonyl (C=O) groups excluding carboxylic acids is 1. The summed E-state index contributed by atoms with van der Waals surface area (Å²) in [6.07, 6.45) is 0. The maximum absolute atomic E-state index is 12.0. The van der Waals surface area contributed by atoms with Crippen molar-refractivity contribution in [1.29, 1.82) is 0 Å². The molecule has 0 aliphatic carbocycles. The maximum Gasteiger partial charge on any atom is 0.262 e. The molecule has 2 rings (SSSR count). The fourth-order valence-electron chi connectivity index (χ4n) is 1.98. The van der Waals surface area contributed by atoms with Crippen molar-refractivity contribution in [3.05, 3.63) is 56.2 Å². The highest BCUT2D eigenvalue weighted by atomic mass is 79.9. The van der Waals surface area contributed by atoms with Gasteiger partial charge >= 0.3 is 0 Å². The van der Waals surface area contributed by atoms with Gasteiger partial charge in [-0.15, -0.1) is 11.3 Å². The van der Waals surface area contributed by atoms with Gasteiger partial charge < -0.3 is 11.1 Å². The van der Waals surface area contributed by atoms with Crippen LogP contribution in [0.15, 0.2) is 40.2 Å². The van der Waals surface area contributed by atoms with E-state index in [-0.39, 0.29) is 11.9 Å². The number of halogens is 1. The van der Waals surface area contributed by atoms with E-state index in [1.807, 2.05) is 23.6 Å². The Morgan fingerprint density at radius 1 is 1.24 bits per heavy atom. The Morgan fingerprint density at radius 2 is 1.86 bits per heavy atom. The molecular formula is C16H19BrN2OS. The first-order valence-corrected chi connectivity index (χ1v) is 8.53. The van der Waals surface area contributed by atoms with Gasteiger partial charge in [0.15, 0.2) is 0 Å². The van der Waals surface area contributed by atoms with E-state index < -0.39 is 0 Å². The molecule has 0 aliphatic heterocycles. The van der Waals surface area contributed by atoms with Crippen LogP contribution in [0.5, 0.6) is 0 Å². The molecule has 5 heteroatoms. The maximum atomic E-state index is 12.0. The molecule has 3 N–H and O–H groups in total. The van der Waals surface area contributed by atoms with Crippen LogP contribution in [0.25, 0.3) is 0 Å². The second kappa shape index (κ2) is 7.20. The molecule has 0 saturated carbocycles. The van der Waals surface area contributed by atoms with Crippen molar-refractivity contribution >= 4 is 33.2 Å². The fourth-order valence-corrected chi connectivity index (χ4v) is 3.45. The SMILES string of the molecule is CC(C)c1ccc(C(N)CNC(=O)c2sccc2Br)cc1. The van der Waals surface area contributed by atoms with Gasteiger partial charge in [-0.25, -0.2) is 0 Å². The number of benzene rings is 1. The first kappa shape index (κ1) is 16.2. The van der Waals surface area contributed by atoms with Crippen molar-refractivity contribution in [2.45, 2.75) is 25.8 Å². The van der Waals surface area contributed by atoms with Crippen LogP contribution in [0.1, 0.15) is 46.6 Å². The van der Waals surface area contributed by atoms with Crippen molar-refractivity contribution in [2.24, 2.45) is 5.73 Å². The van der Waals surface area contributed by atoms with Crippen molar-refractivity contribution in [3.8, 4) is 0 Å². The highest BCUT2D eigenvalue weighted by Gasteiger charge is 2.13. The molecule has 1 heterocycles. The van der Waals surface area contributed by atoms with E-state index in [0.29, 0.717) is 17.3 Å². The third-order valence-corrected chi connectivity index (χ3v) is 5.17. The number of thiophene rings is 1. The van der Waals surface area contributed by atoms with E-state index in [0.717, 1.165) is 10.0 Å². The number of hydrogen-bond acceptors (Lipinski definition) is 3. The minimum Gasteiger partial charge on any atom is -0.349 e. The van der Waals surface area contributed by atoms with Gasteiger partial charge in [0.05, 0.1) is 0 Å². The third kappa shape index (κ3) is 4.15. The Morgan fingerprint density at radius 3 is 2.38 bits per heavy atom. The summed E-state index contributed by atoms with van der Waals surface area (Å²) in [5.41, 5.74) is 8.46. The van der Waals surface area contributed by atoms with Gasteiger partial charge in [0.1, 0.15) is 4.88 Å². The molecule has 21 heavy (non-hydrogen) atoms. The van der Waals surface area contributed by atoms with Crippen LogP contribution < -0.4 is 11.1 Å². The van der Waals surface area contributed by atoms with Crippen LogP contribution in [0.2, 0.25) is 0 Å². The van der Waals surface area contributed by atoms with E-state index in [9.17, 15) is 4.79 Å². The van der Waals surface area contributed by atoms with Crippen LogP contribution in [-0.4, -0.2) is 12.5 Å². The number of carbonyl (C=O) groups is 1. The second-order valence-electron chi connectivity index (χ2n) is 5.24. The average molecular weight is 367 g/mol. The molecule has 2 aromatic rings. The van der Waals surface area contributed by atoms with Crippen LogP contribution in [-0.2, 0) is 0 Å². The van der Waals surface area contributed by atoms with Gasteiger partial charge in [0.2, 0.25) is 0 Å². The molecule has 1 aromatic heterocycles. The molecule has 1 atom stereocenters. The summed E-state index contributed by atoms with van der Waals surface area (Å²) in [7, 11) is 0. The summed E-state index contributed by atoms with van der Waals surface area (Å²) in [6, 6.07) is 9.92. The normalized spacial score (nSPS) is 12.4. The van der Waals surface area contributed by atoms with E-state index in [1.165, 1.54) is 16.9 Å². The highest BCUT2D eigenvalue weighted by Crippen LogP contribution is 2.22. The lowest BCUT2D eigenvalue weighted by Crippen LogP contribution is -2.31. The zero-order valence-electron chi connectivity index (χ0n) is 12.1. The molecule has 0 radical (unpaired) electrons. The fraction of sp³-hybridized carbons (Fsp3) is 0.312. The van der Waals surface area contributed by atoms with Gasteiger partial charge in [-0.1, -0.05) is 38.1 Å². The minimum absolute atomic E-state index is 0.0916. The molecule has 112 valence electrons. The van der Waals surface area contributed by atoms with E-state index in [2.05, 4.69) is 47.2 Å². The summed E-state index contributed by atoms with van der Waals surface area (Å²) in [4.78, 5) is 12.7. The predicted octanol–water partition coefficient (Wildman–Crippen LogP) is 4.06. The standard InChI is InChI=1S/C16H19BrN2OS/c1-10(2)11-3-5-12(6-4-11)14(18)9-19-16(20)15-13(17)7-8-21-15/h3-8,10,14H,9,18H2,1-2H3,(H,19,20). The zero-order chi connectivity index (χ0) is 15.4. The molecule has 1 unspecified atom stereocenters. The molecule has 1 aromatic carbocycles. The van der Waals surface area contributed by atoms with Gasteiger partial charge in [0.25, 0.3) is 5.91 Å². The zero-order valence-corrected chi connectivity index (χ0v) is 14.5. The summed E-state index contributed by atoms with van der Waals surface area (Å²) in [5.74, 6) is 0.414. The number of amides is 1. The molecule has 0 spiro atoms. The van der Waals surface area contributed by atoms with Gasteiger partial charge in [-0.05, 0) is 44.4 Å². The van der Waals surface area contributed by atoms with Crippen LogP contribution in [0.3, 0.4) is 0 Å². The summed E-state index contributed by atoms with van der Waals surface area (Å²) >= 11 is 4.77. The van der Waals surface area contributed by atoms with Gasteiger partial charge in [-0.2, -0.15) is 0 Å². The topological polar surface area (TPSA) is 55.1 Å².